The fourth-order valence-corrected chi connectivity index (χ4v) is 3.47. The molecule has 0 saturated heterocycles. The monoisotopic (exact) mass is 226 g/mol. The molecule has 0 aromatic carbocycles. The maximum absolute atomic E-state index is 4.55. The molecule has 1 N–H and O–H groups in total. The number of aliphatic imine (C=N–C) groups is 1. The first-order chi connectivity index (χ1) is 7.25. The Kier molecular flexibility index (Phi) is 3.95. The van der Waals surface area contributed by atoms with Gasteiger partial charge in [0.25, 0.3) is 0 Å². The normalized spacial score (nSPS) is 37.2. The predicted molar refractivity (Wildman–Crippen MR) is 68.5 cm³/mol. The molecular formula is C12H22N2S. The third-order valence-corrected chi connectivity index (χ3v) is 4.55. The van der Waals surface area contributed by atoms with Crippen molar-refractivity contribution in [3.05, 3.63) is 0 Å². The highest BCUT2D eigenvalue weighted by molar-refractivity contribution is 8.13. The van der Waals surface area contributed by atoms with Crippen LogP contribution in [-0.4, -0.2) is 23.5 Å². The van der Waals surface area contributed by atoms with Crippen LogP contribution >= 0.6 is 11.8 Å². The largest absolute Gasteiger partial charge is 0.362 e. The molecule has 86 valence electrons. The van der Waals surface area contributed by atoms with Crippen LogP contribution in [0.15, 0.2) is 4.99 Å². The van der Waals surface area contributed by atoms with Gasteiger partial charge in [-0.3, -0.25) is 4.99 Å². The van der Waals surface area contributed by atoms with E-state index in [1.165, 1.54) is 36.6 Å². The summed E-state index contributed by atoms with van der Waals surface area (Å²) in [6.07, 6.45) is 5.31. The smallest absolute Gasteiger partial charge is 0.156 e. The quantitative estimate of drug-likeness (QED) is 0.743. The molecule has 1 heterocycles. The second kappa shape index (κ2) is 5.24. The van der Waals surface area contributed by atoms with E-state index in [2.05, 4.69) is 24.2 Å². The molecule has 2 rings (SSSR count). The maximum Gasteiger partial charge on any atom is 0.156 e. The molecule has 3 atom stereocenters. The van der Waals surface area contributed by atoms with E-state index < -0.39 is 0 Å². The van der Waals surface area contributed by atoms with Crippen LogP contribution in [0.2, 0.25) is 0 Å². The molecule has 1 aliphatic carbocycles. The van der Waals surface area contributed by atoms with Gasteiger partial charge in [-0.25, -0.2) is 0 Å². The van der Waals surface area contributed by atoms with E-state index in [0.29, 0.717) is 6.04 Å². The van der Waals surface area contributed by atoms with Gasteiger partial charge in [-0.05, 0) is 37.5 Å². The highest BCUT2D eigenvalue weighted by atomic mass is 32.2. The second-order valence-electron chi connectivity index (χ2n) is 5.04. The van der Waals surface area contributed by atoms with Crippen molar-refractivity contribution in [2.24, 2.45) is 16.8 Å². The number of rotatable bonds is 1. The van der Waals surface area contributed by atoms with Crippen LogP contribution in [0, 0.1) is 11.8 Å². The van der Waals surface area contributed by atoms with Gasteiger partial charge in [-0.15, -0.1) is 0 Å². The standard InChI is InChI=1S/C12H22N2S/c1-9-4-5-11(10(2)8-9)14-12-13-6-3-7-15-12/h9-11H,3-8H2,1-2H3,(H,13,14). The summed E-state index contributed by atoms with van der Waals surface area (Å²) < 4.78 is 0. The van der Waals surface area contributed by atoms with Crippen molar-refractivity contribution < 1.29 is 0 Å². The van der Waals surface area contributed by atoms with Gasteiger partial charge in [-0.1, -0.05) is 25.6 Å². The first-order valence-corrected chi connectivity index (χ1v) is 7.18. The molecule has 0 aromatic rings. The number of nitrogens with one attached hydrogen (secondary N) is 1. The minimum Gasteiger partial charge on any atom is -0.362 e. The Bertz CT molecular complexity index is 240. The summed E-state index contributed by atoms with van der Waals surface area (Å²) in [7, 11) is 0. The molecular weight excluding hydrogens is 204 g/mol. The lowest BCUT2D eigenvalue weighted by Gasteiger charge is -2.34. The van der Waals surface area contributed by atoms with Crippen molar-refractivity contribution in [3.8, 4) is 0 Å². The summed E-state index contributed by atoms with van der Waals surface area (Å²) in [5.41, 5.74) is 0. The number of hydrogen-bond donors (Lipinski definition) is 1. The van der Waals surface area contributed by atoms with Gasteiger partial charge < -0.3 is 5.32 Å². The topological polar surface area (TPSA) is 24.4 Å². The van der Waals surface area contributed by atoms with E-state index >= 15 is 0 Å². The minimum atomic E-state index is 0.672. The van der Waals surface area contributed by atoms with E-state index in [4.69, 9.17) is 0 Å². The van der Waals surface area contributed by atoms with Crippen molar-refractivity contribution in [1.29, 1.82) is 0 Å². The summed E-state index contributed by atoms with van der Waals surface area (Å²) in [6.45, 7) is 5.77. The molecule has 1 aliphatic heterocycles. The van der Waals surface area contributed by atoms with E-state index in [-0.39, 0.29) is 0 Å². The molecule has 0 spiro atoms. The maximum atomic E-state index is 4.55. The Morgan fingerprint density at radius 3 is 2.87 bits per heavy atom. The average molecular weight is 226 g/mol. The molecule has 15 heavy (non-hydrogen) atoms. The molecule has 0 aromatic heterocycles. The third kappa shape index (κ3) is 3.13. The SMILES string of the molecule is CC1CCC(NC2=NCCCS2)C(C)C1. The number of amidine groups is 1. The number of nitrogens with zero attached hydrogens (tertiary/aromatic N) is 1. The van der Waals surface area contributed by atoms with E-state index in [1.807, 2.05) is 11.8 Å². The minimum absolute atomic E-state index is 0.672. The van der Waals surface area contributed by atoms with Crippen molar-refractivity contribution in [1.82, 2.24) is 5.32 Å². The summed E-state index contributed by atoms with van der Waals surface area (Å²) in [6, 6.07) is 0.672. The van der Waals surface area contributed by atoms with E-state index in [1.54, 1.807) is 0 Å². The zero-order valence-corrected chi connectivity index (χ0v) is 10.6. The predicted octanol–water partition coefficient (Wildman–Crippen LogP) is 2.89. The van der Waals surface area contributed by atoms with Crippen molar-refractivity contribution in [2.45, 2.75) is 45.6 Å². The Morgan fingerprint density at radius 2 is 2.20 bits per heavy atom. The van der Waals surface area contributed by atoms with E-state index in [0.717, 1.165) is 18.4 Å². The molecule has 3 heteroatoms. The Morgan fingerprint density at radius 1 is 1.33 bits per heavy atom. The third-order valence-electron chi connectivity index (χ3n) is 3.54. The average Bonchev–Trinajstić information content (AvgIpc) is 2.24. The van der Waals surface area contributed by atoms with Gasteiger partial charge in [0.05, 0.1) is 0 Å². The first kappa shape index (κ1) is 11.3. The molecule has 2 nitrogen and oxygen atoms in total. The van der Waals surface area contributed by atoms with Gasteiger partial charge in [0.2, 0.25) is 0 Å². The summed E-state index contributed by atoms with van der Waals surface area (Å²) >= 11 is 1.90. The Hall–Kier alpha value is -0.180. The summed E-state index contributed by atoms with van der Waals surface area (Å²) in [5, 5.41) is 4.84. The molecule has 0 amide bonds. The highest BCUT2D eigenvalue weighted by Gasteiger charge is 2.26. The first-order valence-electron chi connectivity index (χ1n) is 6.19. The fourth-order valence-electron chi connectivity index (χ4n) is 2.59. The number of thioether (sulfide) groups is 1. The van der Waals surface area contributed by atoms with Gasteiger partial charge in [0.15, 0.2) is 5.17 Å². The second-order valence-corrected chi connectivity index (χ2v) is 6.12. The lowest BCUT2D eigenvalue weighted by molar-refractivity contribution is 0.248. The molecule has 0 radical (unpaired) electrons. The van der Waals surface area contributed by atoms with Gasteiger partial charge >= 0.3 is 0 Å². The molecule has 2 aliphatic rings. The van der Waals surface area contributed by atoms with Crippen LogP contribution in [0.4, 0.5) is 0 Å². The lowest BCUT2D eigenvalue weighted by atomic mass is 9.80. The van der Waals surface area contributed by atoms with Crippen LogP contribution < -0.4 is 5.32 Å². The van der Waals surface area contributed by atoms with Gasteiger partial charge in [0.1, 0.15) is 0 Å². The van der Waals surface area contributed by atoms with Crippen molar-refractivity contribution in [3.63, 3.8) is 0 Å². The fraction of sp³-hybridized carbons (Fsp3) is 0.917. The molecule has 1 fully saturated rings. The number of hydrogen-bond acceptors (Lipinski definition) is 3. The van der Waals surface area contributed by atoms with E-state index in [9.17, 15) is 0 Å². The zero-order valence-electron chi connectivity index (χ0n) is 9.83. The molecule has 0 bridgehead atoms. The molecule has 1 saturated carbocycles. The van der Waals surface area contributed by atoms with Crippen LogP contribution in [0.5, 0.6) is 0 Å². The molecule has 3 unspecified atom stereocenters. The van der Waals surface area contributed by atoms with Crippen molar-refractivity contribution >= 4 is 16.9 Å². The van der Waals surface area contributed by atoms with Crippen LogP contribution in [0.25, 0.3) is 0 Å². The van der Waals surface area contributed by atoms with Crippen LogP contribution in [-0.2, 0) is 0 Å². The van der Waals surface area contributed by atoms with Crippen molar-refractivity contribution in [2.75, 3.05) is 12.3 Å². The zero-order chi connectivity index (χ0) is 10.7. The Balaban J connectivity index is 1.85. The summed E-state index contributed by atoms with van der Waals surface area (Å²) in [5.74, 6) is 2.96. The Labute approximate surface area is 97.3 Å². The van der Waals surface area contributed by atoms with Crippen LogP contribution in [0.3, 0.4) is 0 Å². The highest BCUT2D eigenvalue weighted by Crippen LogP contribution is 2.29. The lowest BCUT2D eigenvalue weighted by Crippen LogP contribution is -2.42. The summed E-state index contributed by atoms with van der Waals surface area (Å²) in [4.78, 5) is 4.55. The van der Waals surface area contributed by atoms with Gasteiger partial charge in [0, 0.05) is 18.3 Å². The van der Waals surface area contributed by atoms with Gasteiger partial charge in [-0.2, -0.15) is 0 Å². The van der Waals surface area contributed by atoms with Crippen LogP contribution in [0.1, 0.15) is 39.5 Å².